The topological polar surface area (TPSA) is 12.0 Å². The molecule has 62 valence electrons. The third-order valence-electron chi connectivity index (χ3n) is 2.37. The lowest BCUT2D eigenvalue weighted by Crippen LogP contribution is -2.34. The van der Waals surface area contributed by atoms with Gasteiger partial charge in [0, 0.05) is 6.04 Å². The highest BCUT2D eigenvalue weighted by atomic mass is 15.0. The largest absolute Gasteiger partial charge is 0.310 e. The van der Waals surface area contributed by atoms with Crippen LogP contribution in [0.25, 0.3) is 6.08 Å². The number of hydrogen-bond donors (Lipinski definition) is 1. The van der Waals surface area contributed by atoms with Gasteiger partial charge in [-0.1, -0.05) is 36.9 Å². The molecular formula is C11H13N. The molecule has 0 unspecified atom stereocenters. The summed E-state index contributed by atoms with van der Waals surface area (Å²) in [6, 6.07) is 9.12. The van der Waals surface area contributed by atoms with Crippen molar-refractivity contribution in [3.8, 4) is 0 Å². The first-order chi connectivity index (χ1) is 5.90. The molecular weight excluding hydrogens is 146 g/mol. The standard InChI is InChI=1S/C11H13N/c1-2-9-4-3-5-10(8-9)11-6-7-12-11/h2-5,8,11-12H,1,6-7H2/t11-/m1/s1. The lowest BCUT2D eigenvalue weighted by molar-refractivity contribution is 0.383. The highest BCUT2D eigenvalue weighted by Crippen LogP contribution is 2.23. The maximum atomic E-state index is 3.75. The van der Waals surface area contributed by atoms with Crippen LogP contribution in [0.4, 0.5) is 0 Å². The molecule has 1 nitrogen and oxygen atoms in total. The molecule has 0 amide bonds. The Hall–Kier alpha value is -1.08. The highest BCUT2D eigenvalue weighted by molar-refractivity contribution is 5.48. The molecule has 12 heavy (non-hydrogen) atoms. The van der Waals surface area contributed by atoms with Crippen LogP contribution in [0.15, 0.2) is 30.8 Å². The van der Waals surface area contributed by atoms with Crippen molar-refractivity contribution in [2.75, 3.05) is 6.54 Å². The molecule has 0 spiro atoms. The molecule has 1 atom stereocenters. The quantitative estimate of drug-likeness (QED) is 0.698. The fraction of sp³-hybridized carbons (Fsp3) is 0.273. The lowest BCUT2D eigenvalue weighted by atomic mass is 9.96. The first-order valence-corrected chi connectivity index (χ1v) is 4.36. The van der Waals surface area contributed by atoms with Gasteiger partial charge in [-0.15, -0.1) is 0 Å². The van der Waals surface area contributed by atoms with Gasteiger partial charge in [-0.25, -0.2) is 0 Å². The Morgan fingerprint density at radius 2 is 2.33 bits per heavy atom. The molecule has 1 heterocycles. The molecule has 0 bridgehead atoms. The van der Waals surface area contributed by atoms with Crippen molar-refractivity contribution < 1.29 is 0 Å². The van der Waals surface area contributed by atoms with Crippen LogP contribution < -0.4 is 5.32 Å². The fourth-order valence-corrected chi connectivity index (χ4v) is 1.48. The van der Waals surface area contributed by atoms with E-state index in [0.717, 1.165) is 6.54 Å². The van der Waals surface area contributed by atoms with Gasteiger partial charge in [-0.2, -0.15) is 0 Å². The number of hydrogen-bond acceptors (Lipinski definition) is 1. The molecule has 0 saturated carbocycles. The summed E-state index contributed by atoms with van der Waals surface area (Å²) in [7, 11) is 0. The van der Waals surface area contributed by atoms with Crippen molar-refractivity contribution in [3.05, 3.63) is 42.0 Å². The Morgan fingerprint density at radius 1 is 1.50 bits per heavy atom. The zero-order valence-corrected chi connectivity index (χ0v) is 7.09. The summed E-state index contributed by atoms with van der Waals surface area (Å²) < 4.78 is 0. The average molecular weight is 159 g/mol. The zero-order valence-electron chi connectivity index (χ0n) is 7.09. The second-order valence-electron chi connectivity index (χ2n) is 3.17. The second kappa shape index (κ2) is 3.11. The van der Waals surface area contributed by atoms with Crippen molar-refractivity contribution in [1.29, 1.82) is 0 Å². The lowest BCUT2D eigenvalue weighted by Gasteiger charge is -2.28. The van der Waals surface area contributed by atoms with Gasteiger partial charge in [-0.3, -0.25) is 0 Å². The van der Waals surface area contributed by atoms with Crippen LogP contribution in [0.5, 0.6) is 0 Å². The summed E-state index contributed by atoms with van der Waals surface area (Å²) >= 11 is 0. The van der Waals surface area contributed by atoms with Crippen molar-refractivity contribution in [1.82, 2.24) is 5.32 Å². The summed E-state index contributed by atoms with van der Waals surface area (Å²) in [4.78, 5) is 0. The monoisotopic (exact) mass is 159 g/mol. The van der Waals surface area contributed by atoms with Gasteiger partial charge in [0.1, 0.15) is 0 Å². The van der Waals surface area contributed by atoms with E-state index in [0.29, 0.717) is 6.04 Å². The van der Waals surface area contributed by atoms with E-state index >= 15 is 0 Å². The fourth-order valence-electron chi connectivity index (χ4n) is 1.48. The van der Waals surface area contributed by atoms with Crippen LogP contribution in [-0.2, 0) is 0 Å². The Bertz CT molecular complexity index is 287. The Balaban J connectivity index is 2.25. The molecule has 0 aliphatic carbocycles. The molecule has 1 aliphatic heterocycles. The van der Waals surface area contributed by atoms with E-state index in [-0.39, 0.29) is 0 Å². The minimum atomic E-state index is 0.588. The Kier molecular flexibility index (Phi) is 1.96. The third kappa shape index (κ3) is 1.28. The highest BCUT2D eigenvalue weighted by Gasteiger charge is 2.17. The molecule has 1 aromatic carbocycles. The van der Waals surface area contributed by atoms with E-state index in [2.05, 4.69) is 36.2 Å². The van der Waals surface area contributed by atoms with Gasteiger partial charge in [0.05, 0.1) is 0 Å². The van der Waals surface area contributed by atoms with Gasteiger partial charge < -0.3 is 5.32 Å². The smallest absolute Gasteiger partial charge is 0.0332 e. The van der Waals surface area contributed by atoms with E-state index in [1.165, 1.54) is 17.5 Å². The summed E-state index contributed by atoms with van der Waals surface area (Å²) in [6.07, 6.45) is 3.16. The average Bonchev–Trinajstić information content (AvgIpc) is 2.02. The summed E-state index contributed by atoms with van der Waals surface area (Å²) in [6.45, 7) is 4.91. The molecule has 2 rings (SSSR count). The number of benzene rings is 1. The van der Waals surface area contributed by atoms with Gasteiger partial charge in [0.2, 0.25) is 0 Å². The molecule has 1 fully saturated rings. The van der Waals surface area contributed by atoms with E-state index in [1.807, 2.05) is 6.08 Å². The van der Waals surface area contributed by atoms with Gasteiger partial charge >= 0.3 is 0 Å². The summed E-state index contributed by atoms with van der Waals surface area (Å²) in [5, 5.41) is 3.38. The Morgan fingerprint density at radius 3 is 2.92 bits per heavy atom. The van der Waals surface area contributed by atoms with Crippen LogP contribution in [0.2, 0.25) is 0 Å². The van der Waals surface area contributed by atoms with Crippen LogP contribution in [0.1, 0.15) is 23.6 Å². The molecule has 1 aromatic rings. The summed E-state index contributed by atoms with van der Waals surface area (Å²) in [5.41, 5.74) is 2.60. The first-order valence-electron chi connectivity index (χ1n) is 4.36. The minimum Gasteiger partial charge on any atom is -0.310 e. The molecule has 0 aromatic heterocycles. The van der Waals surface area contributed by atoms with Gasteiger partial charge in [-0.05, 0) is 24.1 Å². The number of rotatable bonds is 2. The van der Waals surface area contributed by atoms with Crippen molar-refractivity contribution in [2.45, 2.75) is 12.5 Å². The summed E-state index contributed by atoms with van der Waals surface area (Å²) in [5.74, 6) is 0. The molecule has 1 heteroatoms. The minimum absolute atomic E-state index is 0.588. The van der Waals surface area contributed by atoms with E-state index in [4.69, 9.17) is 0 Å². The van der Waals surface area contributed by atoms with Crippen LogP contribution in [0, 0.1) is 0 Å². The van der Waals surface area contributed by atoms with Crippen LogP contribution >= 0.6 is 0 Å². The van der Waals surface area contributed by atoms with E-state index < -0.39 is 0 Å². The zero-order chi connectivity index (χ0) is 8.39. The molecule has 1 saturated heterocycles. The normalized spacial score (nSPS) is 21.5. The first kappa shape index (κ1) is 7.56. The van der Waals surface area contributed by atoms with Gasteiger partial charge in [0.15, 0.2) is 0 Å². The third-order valence-corrected chi connectivity index (χ3v) is 2.37. The van der Waals surface area contributed by atoms with Crippen LogP contribution in [0.3, 0.4) is 0 Å². The molecule has 1 aliphatic rings. The van der Waals surface area contributed by atoms with Crippen molar-refractivity contribution >= 4 is 6.08 Å². The van der Waals surface area contributed by atoms with E-state index in [9.17, 15) is 0 Å². The predicted octanol–water partition coefficient (Wildman–Crippen LogP) is 2.36. The molecule has 1 N–H and O–H groups in total. The van der Waals surface area contributed by atoms with Crippen molar-refractivity contribution in [2.24, 2.45) is 0 Å². The number of nitrogens with one attached hydrogen (secondary N) is 1. The predicted molar refractivity (Wildman–Crippen MR) is 51.9 cm³/mol. The van der Waals surface area contributed by atoms with Crippen LogP contribution in [-0.4, -0.2) is 6.54 Å². The van der Waals surface area contributed by atoms with E-state index in [1.54, 1.807) is 0 Å². The van der Waals surface area contributed by atoms with Crippen molar-refractivity contribution in [3.63, 3.8) is 0 Å². The maximum absolute atomic E-state index is 3.75. The second-order valence-corrected chi connectivity index (χ2v) is 3.17. The SMILES string of the molecule is C=Cc1cccc([C@H]2CCN2)c1. The molecule has 0 radical (unpaired) electrons. The maximum Gasteiger partial charge on any atom is 0.0332 e. The van der Waals surface area contributed by atoms with Gasteiger partial charge in [0.25, 0.3) is 0 Å². The Labute approximate surface area is 73.1 Å².